The van der Waals surface area contributed by atoms with E-state index in [2.05, 4.69) is 37.8 Å². The summed E-state index contributed by atoms with van der Waals surface area (Å²) in [5.74, 6) is 4.07. The average molecular weight is 597 g/mol. The molecule has 3 aromatic rings. The number of rotatable bonds is 11. The van der Waals surface area contributed by atoms with Gasteiger partial charge in [0.1, 0.15) is 17.3 Å². The Labute approximate surface area is 259 Å². The number of pyridine rings is 2. The molecule has 3 heterocycles. The molecule has 10 heteroatoms. The van der Waals surface area contributed by atoms with Gasteiger partial charge in [-0.05, 0) is 80.5 Å². The zero-order valence-electron chi connectivity index (χ0n) is 25.8. The summed E-state index contributed by atoms with van der Waals surface area (Å²) in [6.07, 6.45) is 11.1. The molecule has 3 N–H and O–H groups in total. The Balaban J connectivity index is 1.46. The van der Waals surface area contributed by atoms with Crippen molar-refractivity contribution in [1.82, 2.24) is 25.5 Å². The summed E-state index contributed by atoms with van der Waals surface area (Å²) in [6, 6.07) is 9.22. The van der Waals surface area contributed by atoms with E-state index < -0.39 is 6.10 Å². The maximum Gasteiger partial charge on any atom is 0.257 e. The first-order chi connectivity index (χ1) is 21.3. The average Bonchev–Trinajstić information content (AvgIpc) is 3.88. The van der Waals surface area contributed by atoms with Gasteiger partial charge in [-0.2, -0.15) is 0 Å². The van der Waals surface area contributed by atoms with Crippen LogP contribution in [0.2, 0.25) is 0 Å². The van der Waals surface area contributed by atoms with Gasteiger partial charge in [0.2, 0.25) is 0 Å². The lowest BCUT2D eigenvalue weighted by atomic mass is 10.0. The molecule has 1 saturated carbocycles. The molecule has 2 fully saturated rings. The minimum absolute atomic E-state index is 0.0515. The molecule has 10 nitrogen and oxygen atoms in total. The molecule has 1 saturated heterocycles. The van der Waals surface area contributed by atoms with Crippen molar-refractivity contribution in [2.75, 3.05) is 45.2 Å². The maximum absolute atomic E-state index is 13.4. The van der Waals surface area contributed by atoms with Crippen molar-refractivity contribution >= 4 is 17.6 Å². The summed E-state index contributed by atoms with van der Waals surface area (Å²) in [5, 5.41) is 9.07. The van der Waals surface area contributed by atoms with Crippen molar-refractivity contribution in [3.8, 4) is 23.8 Å². The van der Waals surface area contributed by atoms with Crippen LogP contribution in [0.5, 0.6) is 11.5 Å². The number of hydrogen-bond acceptors (Lipinski definition) is 8. The first kappa shape index (κ1) is 31.0. The van der Waals surface area contributed by atoms with Crippen LogP contribution in [0.3, 0.4) is 0 Å². The zero-order chi connectivity index (χ0) is 31.2. The molecule has 1 aliphatic carbocycles. The van der Waals surface area contributed by atoms with E-state index in [-0.39, 0.29) is 23.4 Å². The smallest absolute Gasteiger partial charge is 0.257 e. The molecule has 5 rings (SSSR count). The number of methoxy groups -OCH3 is 1. The quantitative estimate of drug-likeness (QED) is 0.285. The number of nitrogens with one attached hydrogen (secondary N) is 3. The summed E-state index contributed by atoms with van der Waals surface area (Å²) in [4.78, 5) is 38.2. The van der Waals surface area contributed by atoms with Gasteiger partial charge in [0, 0.05) is 44.5 Å². The number of benzene rings is 1. The summed E-state index contributed by atoms with van der Waals surface area (Å²) < 4.78 is 11.9. The Kier molecular flexibility index (Phi) is 9.78. The number of aromatic nitrogens is 2. The number of carbonyl (C=O) groups is 2. The van der Waals surface area contributed by atoms with Gasteiger partial charge in [-0.3, -0.25) is 19.5 Å². The van der Waals surface area contributed by atoms with Crippen LogP contribution in [0.15, 0.2) is 42.7 Å². The molecule has 2 atom stereocenters. The topological polar surface area (TPSA) is 118 Å². The fraction of sp³-hybridized carbons (Fsp3) is 0.412. The van der Waals surface area contributed by atoms with Crippen LogP contribution in [0.1, 0.15) is 74.9 Å². The minimum atomic E-state index is -0.474. The fourth-order valence-corrected chi connectivity index (χ4v) is 5.36. The van der Waals surface area contributed by atoms with Crippen LogP contribution in [0.4, 0.5) is 5.82 Å². The molecule has 0 spiro atoms. The molecular weight excluding hydrogens is 556 g/mol. The predicted octanol–water partition coefficient (Wildman–Crippen LogP) is 4.01. The van der Waals surface area contributed by atoms with E-state index in [1.807, 2.05) is 33.0 Å². The minimum Gasteiger partial charge on any atom is -0.495 e. The molecule has 44 heavy (non-hydrogen) atoms. The Morgan fingerprint density at radius 2 is 1.93 bits per heavy atom. The van der Waals surface area contributed by atoms with E-state index in [4.69, 9.17) is 20.9 Å². The molecule has 230 valence electrons. The molecule has 2 aromatic heterocycles. The van der Waals surface area contributed by atoms with Crippen molar-refractivity contribution in [2.45, 2.75) is 51.7 Å². The van der Waals surface area contributed by atoms with Gasteiger partial charge >= 0.3 is 0 Å². The highest BCUT2D eigenvalue weighted by atomic mass is 16.5. The second-order valence-corrected chi connectivity index (χ2v) is 11.3. The van der Waals surface area contributed by atoms with E-state index >= 15 is 0 Å². The number of anilines is 1. The molecule has 2 aliphatic rings. The standard InChI is InChI=1S/C34H40N6O4/c1-6-25-19-40(13-12-36-25)20-31(29-11-10-24(17-37-29)23-8-9-23)44-30-15-21(3)27(16-28(30)33(41)35-7-2)34(42)39-32-22(4)14-26(43-5)18-38-32/h1,10-11,14-18,23,25,31,36H,7-9,12-13,19-20H2,2-5H3,(H,35,41)(H,38,39,42)/t25-,31-/m1/s1. The van der Waals surface area contributed by atoms with Gasteiger partial charge < -0.3 is 25.4 Å². The summed E-state index contributed by atoms with van der Waals surface area (Å²) >= 11 is 0. The maximum atomic E-state index is 13.4. The Bertz CT molecular complexity index is 1550. The first-order valence-corrected chi connectivity index (χ1v) is 15.1. The van der Waals surface area contributed by atoms with Gasteiger partial charge in [-0.15, -0.1) is 6.42 Å². The van der Waals surface area contributed by atoms with Crippen LogP contribution >= 0.6 is 0 Å². The van der Waals surface area contributed by atoms with E-state index in [1.165, 1.54) is 18.4 Å². The van der Waals surface area contributed by atoms with Gasteiger partial charge in [0.05, 0.1) is 30.6 Å². The Morgan fingerprint density at radius 1 is 1.11 bits per heavy atom. The van der Waals surface area contributed by atoms with E-state index in [9.17, 15) is 9.59 Å². The third kappa shape index (κ3) is 7.36. The highest BCUT2D eigenvalue weighted by Gasteiger charge is 2.28. The number of aryl methyl sites for hydroxylation is 2. The molecule has 0 unspecified atom stereocenters. The lowest BCUT2D eigenvalue weighted by molar-refractivity contribution is 0.0932. The van der Waals surface area contributed by atoms with Crippen LogP contribution in [0.25, 0.3) is 0 Å². The molecule has 1 aromatic carbocycles. The third-order valence-corrected chi connectivity index (χ3v) is 8.02. The number of nitrogens with zero attached hydrogens (tertiary/aromatic N) is 3. The van der Waals surface area contributed by atoms with Crippen LogP contribution in [0, 0.1) is 26.2 Å². The van der Waals surface area contributed by atoms with Crippen molar-refractivity contribution < 1.29 is 19.1 Å². The second-order valence-electron chi connectivity index (χ2n) is 11.3. The monoisotopic (exact) mass is 596 g/mol. The number of amides is 2. The SMILES string of the molecule is C#C[C@@H]1CN(C[C@@H](Oc2cc(C)c(C(=O)Nc3ncc(OC)cc3C)cc2C(=O)NCC)c2ccc(C3CC3)cn2)CCN1. The lowest BCUT2D eigenvalue weighted by Crippen LogP contribution is -2.51. The van der Waals surface area contributed by atoms with Crippen LogP contribution in [-0.4, -0.2) is 72.6 Å². The Hall–Kier alpha value is -4.46. The van der Waals surface area contributed by atoms with E-state index in [0.717, 1.165) is 24.3 Å². The largest absolute Gasteiger partial charge is 0.495 e. The summed E-state index contributed by atoms with van der Waals surface area (Å²) in [7, 11) is 1.56. The first-order valence-electron chi connectivity index (χ1n) is 15.1. The van der Waals surface area contributed by atoms with E-state index in [0.29, 0.717) is 54.0 Å². The highest BCUT2D eigenvalue weighted by molar-refractivity contribution is 6.07. The summed E-state index contributed by atoms with van der Waals surface area (Å²) in [6.45, 7) is 8.71. The lowest BCUT2D eigenvalue weighted by Gasteiger charge is -2.34. The van der Waals surface area contributed by atoms with Crippen LogP contribution < -0.4 is 25.4 Å². The number of piperazine rings is 1. The molecular formula is C34H40N6O4. The molecule has 0 bridgehead atoms. The number of hydrogen-bond donors (Lipinski definition) is 3. The Morgan fingerprint density at radius 3 is 2.59 bits per heavy atom. The molecule has 2 amide bonds. The van der Waals surface area contributed by atoms with Crippen molar-refractivity contribution in [2.24, 2.45) is 0 Å². The highest BCUT2D eigenvalue weighted by Crippen LogP contribution is 2.40. The fourth-order valence-electron chi connectivity index (χ4n) is 5.36. The molecule has 1 aliphatic heterocycles. The normalized spacial score (nSPS) is 17.3. The van der Waals surface area contributed by atoms with Gasteiger partial charge in [-0.25, -0.2) is 4.98 Å². The summed E-state index contributed by atoms with van der Waals surface area (Å²) in [5.41, 5.74) is 4.02. The van der Waals surface area contributed by atoms with Crippen molar-refractivity contribution in [1.29, 1.82) is 0 Å². The third-order valence-electron chi connectivity index (χ3n) is 8.02. The molecule has 0 radical (unpaired) electrons. The zero-order valence-corrected chi connectivity index (χ0v) is 25.8. The van der Waals surface area contributed by atoms with Crippen molar-refractivity contribution in [3.63, 3.8) is 0 Å². The van der Waals surface area contributed by atoms with E-state index in [1.54, 1.807) is 31.5 Å². The predicted molar refractivity (Wildman–Crippen MR) is 169 cm³/mol. The number of carbonyl (C=O) groups excluding carboxylic acids is 2. The van der Waals surface area contributed by atoms with Crippen LogP contribution in [-0.2, 0) is 0 Å². The van der Waals surface area contributed by atoms with Gasteiger partial charge in [0.15, 0.2) is 6.10 Å². The number of ether oxygens (including phenoxy) is 2. The van der Waals surface area contributed by atoms with Gasteiger partial charge in [0.25, 0.3) is 11.8 Å². The van der Waals surface area contributed by atoms with Crippen molar-refractivity contribution in [3.05, 3.63) is 76.2 Å². The second kappa shape index (κ2) is 13.9. The van der Waals surface area contributed by atoms with Gasteiger partial charge in [-0.1, -0.05) is 12.0 Å². The number of terminal acetylenes is 1.